The Kier molecular flexibility index (Phi) is 5.00. The molecule has 162 valence electrons. The second-order valence-electron chi connectivity index (χ2n) is 8.36. The van der Waals surface area contributed by atoms with Crippen LogP contribution in [0.3, 0.4) is 0 Å². The summed E-state index contributed by atoms with van der Waals surface area (Å²) < 4.78 is 11.1. The number of aryl methyl sites for hydroxylation is 2. The second kappa shape index (κ2) is 7.41. The van der Waals surface area contributed by atoms with Gasteiger partial charge in [-0.25, -0.2) is 4.79 Å². The lowest BCUT2D eigenvalue weighted by atomic mass is 9.90. The number of amides is 3. The minimum atomic E-state index is -1.29. The first kappa shape index (κ1) is 20.9. The van der Waals surface area contributed by atoms with Gasteiger partial charge in [-0.05, 0) is 74.6 Å². The third-order valence-electron chi connectivity index (χ3n) is 6.33. The molecule has 0 saturated carbocycles. The number of rotatable bonds is 4. The van der Waals surface area contributed by atoms with E-state index in [0.717, 1.165) is 27.2 Å². The summed E-state index contributed by atoms with van der Waals surface area (Å²) in [5, 5.41) is 2.75. The number of fused-ring (bicyclic) bond motifs is 1. The van der Waals surface area contributed by atoms with Gasteiger partial charge in [-0.15, -0.1) is 0 Å². The Hall–Kier alpha value is -3.35. The van der Waals surface area contributed by atoms with Crippen molar-refractivity contribution in [2.45, 2.75) is 40.2 Å². The van der Waals surface area contributed by atoms with Gasteiger partial charge in [0.05, 0.1) is 6.54 Å². The quantitative estimate of drug-likeness (QED) is 0.603. The zero-order valence-corrected chi connectivity index (χ0v) is 18.4. The Morgan fingerprint density at radius 3 is 2.39 bits per heavy atom. The first-order valence-corrected chi connectivity index (χ1v) is 10.3. The number of urea groups is 1. The van der Waals surface area contributed by atoms with Crippen LogP contribution in [-0.2, 0) is 10.3 Å². The van der Waals surface area contributed by atoms with Crippen LogP contribution in [0.4, 0.5) is 4.79 Å². The van der Waals surface area contributed by atoms with Crippen LogP contribution in [0, 0.1) is 27.7 Å². The molecule has 1 atom stereocenters. The predicted molar refractivity (Wildman–Crippen MR) is 115 cm³/mol. The van der Waals surface area contributed by atoms with E-state index in [1.165, 1.54) is 0 Å². The minimum Gasteiger partial charge on any atom is -0.486 e. The van der Waals surface area contributed by atoms with Crippen molar-refractivity contribution < 1.29 is 23.9 Å². The summed E-state index contributed by atoms with van der Waals surface area (Å²) in [7, 11) is 0. The van der Waals surface area contributed by atoms with Crippen LogP contribution in [-0.4, -0.2) is 42.4 Å². The molecule has 0 aromatic heterocycles. The van der Waals surface area contributed by atoms with Gasteiger partial charge in [0.1, 0.15) is 18.8 Å². The van der Waals surface area contributed by atoms with Crippen LogP contribution >= 0.6 is 0 Å². The molecule has 0 bridgehead atoms. The standard InChI is InChI=1S/C24H26N2O5/c1-13-10-14(2)21(16(4)15(13)3)18(27)12-26-22(28)24(5,25-23(26)29)17-6-7-19-20(11-17)31-9-8-30-19/h6-7,10-11H,8-9,12H2,1-5H3,(H,25,29)/t24-/m1/s1. The monoisotopic (exact) mass is 422 g/mol. The van der Waals surface area contributed by atoms with Crippen LogP contribution in [0.25, 0.3) is 0 Å². The summed E-state index contributed by atoms with van der Waals surface area (Å²) in [6.45, 7) is 9.94. The topological polar surface area (TPSA) is 84.9 Å². The van der Waals surface area contributed by atoms with Crippen molar-refractivity contribution in [2.24, 2.45) is 0 Å². The highest BCUT2D eigenvalue weighted by molar-refractivity contribution is 6.12. The number of Topliss-reactive ketones (excluding diaryl/α,β-unsaturated/α-hetero) is 1. The van der Waals surface area contributed by atoms with E-state index in [0.29, 0.717) is 35.8 Å². The van der Waals surface area contributed by atoms with Crippen molar-refractivity contribution in [2.75, 3.05) is 19.8 Å². The maximum atomic E-state index is 13.3. The van der Waals surface area contributed by atoms with E-state index in [1.807, 2.05) is 33.8 Å². The first-order chi connectivity index (χ1) is 14.6. The molecule has 0 radical (unpaired) electrons. The van der Waals surface area contributed by atoms with Crippen LogP contribution in [0.1, 0.15) is 45.1 Å². The summed E-state index contributed by atoms with van der Waals surface area (Å²) in [5.74, 6) is 0.403. The summed E-state index contributed by atoms with van der Waals surface area (Å²) in [4.78, 5) is 40.1. The fourth-order valence-electron chi connectivity index (χ4n) is 4.33. The third-order valence-corrected chi connectivity index (χ3v) is 6.33. The van der Waals surface area contributed by atoms with Gasteiger partial charge in [-0.2, -0.15) is 0 Å². The van der Waals surface area contributed by atoms with E-state index < -0.39 is 17.5 Å². The Morgan fingerprint density at radius 2 is 1.68 bits per heavy atom. The highest BCUT2D eigenvalue weighted by Crippen LogP contribution is 2.37. The lowest BCUT2D eigenvalue weighted by Crippen LogP contribution is -2.41. The van der Waals surface area contributed by atoms with E-state index in [2.05, 4.69) is 5.32 Å². The van der Waals surface area contributed by atoms with Gasteiger partial charge in [0.15, 0.2) is 17.3 Å². The molecule has 3 amide bonds. The van der Waals surface area contributed by atoms with Crippen molar-refractivity contribution in [1.82, 2.24) is 10.2 Å². The Balaban J connectivity index is 1.62. The molecule has 0 spiro atoms. The molecule has 4 rings (SSSR count). The van der Waals surface area contributed by atoms with Crippen LogP contribution < -0.4 is 14.8 Å². The number of hydrogen-bond donors (Lipinski definition) is 1. The fourth-order valence-corrected chi connectivity index (χ4v) is 4.33. The van der Waals surface area contributed by atoms with E-state index >= 15 is 0 Å². The van der Waals surface area contributed by atoms with E-state index in [1.54, 1.807) is 25.1 Å². The van der Waals surface area contributed by atoms with Gasteiger partial charge in [0.25, 0.3) is 5.91 Å². The van der Waals surface area contributed by atoms with Gasteiger partial charge in [-0.3, -0.25) is 14.5 Å². The maximum Gasteiger partial charge on any atom is 0.325 e. The van der Waals surface area contributed by atoms with Crippen molar-refractivity contribution in [1.29, 1.82) is 0 Å². The molecule has 2 aliphatic rings. The van der Waals surface area contributed by atoms with Crippen molar-refractivity contribution >= 4 is 17.7 Å². The first-order valence-electron chi connectivity index (χ1n) is 10.3. The molecular weight excluding hydrogens is 396 g/mol. The molecule has 1 N–H and O–H groups in total. The zero-order valence-electron chi connectivity index (χ0n) is 18.4. The molecule has 7 nitrogen and oxygen atoms in total. The van der Waals surface area contributed by atoms with Gasteiger partial charge in [0.2, 0.25) is 0 Å². The van der Waals surface area contributed by atoms with Crippen LogP contribution in [0.2, 0.25) is 0 Å². The van der Waals surface area contributed by atoms with Gasteiger partial charge < -0.3 is 14.8 Å². The molecular formula is C24H26N2O5. The van der Waals surface area contributed by atoms with Gasteiger partial charge in [-0.1, -0.05) is 12.1 Å². The number of ether oxygens (including phenoxy) is 2. The number of carbonyl (C=O) groups excluding carboxylic acids is 3. The number of ketones is 1. The second-order valence-corrected chi connectivity index (χ2v) is 8.36. The largest absolute Gasteiger partial charge is 0.486 e. The van der Waals surface area contributed by atoms with E-state index in [9.17, 15) is 14.4 Å². The number of imide groups is 1. The highest BCUT2D eigenvalue weighted by Gasteiger charge is 2.50. The number of nitrogens with zero attached hydrogens (tertiary/aromatic N) is 1. The molecule has 2 aromatic carbocycles. The Labute approximate surface area is 181 Å². The molecule has 2 heterocycles. The molecule has 7 heteroatoms. The van der Waals surface area contributed by atoms with Crippen LogP contribution in [0.5, 0.6) is 11.5 Å². The highest BCUT2D eigenvalue weighted by atomic mass is 16.6. The predicted octanol–water partition coefficient (Wildman–Crippen LogP) is 3.34. The molecule has 1 saturated heterocycles. The number of nitrogens with one attached hydrogen (secondary N) is 1. The molecule has 2 aromatic rings. The number of carbonyl (C=O) groups is 3. The molecule has 0 aliphatic carbocycles. The summed E-state index contributed by atoms with van der Waals surface area (Å²) in [6.07, 6.45) is 0. The Morgan fingerprint density at radius 1 is 1.00 bits per heavy atom. The van der Waals surface area contributed by atoms with E-state index in [4.69, 9.17) is 9.47 Å². The molecule has 0 unspecified atom stereocenters. The summed E-state index contributed by atoms with van der Waals surface area (Å²) in [5.41, 5.74) is 3.71. The molecule has 1 fully saturated rings. The van der Waals surface area contributed by atoms with Crippen molar-refractivity contribution in [3.8, 4) is 11.5 Å². The van der Waals surface area contributed by atoms with Crippen molar-refractivity contribution in [3.63, 3.8) is 0 Å². The number of benzene rings is 2. The normalized spacial score (nSPS) is 20.1. The third kappa shape index (κ3) is 3.34. The SMILES string of the molecule is Cc1cc(C)c(C(=O)CN2C(=O)N[C@](C)(c3ccc4c(c3)OCCO4)C2=O)c(C)c1C. The molecule has 31 heavy (non-hydrogen) atoms. The van der Waals surface area contributed by atoms with E-state index in [-0.39, 0.29) is 12.3 Å². The minimum absolute atomic E-state index is 0.256. The lowest BCUT2D eigenvalue weighted by Gasteiger charge is -2.25. The van der Waals surface area contributed by atoms with Crippen molar-refractivity contribution in [3.05, 3.63) is 57.6 Å². The smallest absolute Gasteiger partial charge is 0.325 e. The fraction of sp³-hybridized carbons (Fsp3) is 0.375. The summed E-state index contributed by atoms with van der Waals surface area (Å²) in [6, 6.07) is 6.53. The van der Waals surface area contributed by atoms with Crippen LogP contribution in [0.15, 0.2) is 24.3 Å². The van der Waals surface area contributed by atoms with Gasteiger partial charge >= 0.3 is 6.03 Å². The average molecular weight is 422 g/mol. The maximum absolute atomic E-state index is 13.3. The Bertz CT molecular complexity index is 1120. The summed E-state index contributed by atoms with van der Waals surface area (Å²) >= 11 is 0. The molecule has 2 aliphatic heterocycles. The lowest BCUT2D eigenvalue weighted by molar-refractivity contribution is -0.130. The zero-order chi connectivity index (χ0) is 22.5. The van der Waals surface area contributed by atoms with Gasteiger partial charge in [0, 0.05) is 5.56 Å². The average Bonchev–Trinajstić information content (AvgIpc) is 2.95. The number of hydrogen-bond acceptors (Lipinski definition) is 5.